The molecule has 0 radical (unpaired) electrons. The predicted octanol–water partition coefficient (Wildman–Crippen LogP) is 6.39. The summed E-state index contributed by atoms with van der Waals surface area (Å²) in [6, 6.07) is 29.1. The van der Waals surface area contributed by atoms with Crippen molar-refractivity contribution in [2.45, 2.75) is 96.2 Å². The molecule has 1 aliphatic heterocycles. The van der Waals surface area contributed by atoms with Gasteiger partial charge in [-0.05, 0) is 66.7 Å². The highest BCUT2D eigenvalue weighted by Crippen LogP contribution is 2.38. The van der Waals surface area contributed by atoms with Crippen LogP contribution in [0.5, 0.6) is 5.75 Å². The number of benzene rings is 3. The summed E-state index contributed by atoms with van der Waals surface area (Å²) in [5.41, 5.74) is 1.09. The van der Waals surface area contributed by atoms with Gasteiger partial charge < -0.3 is 28.5 Å². The van der Waals surface area contributed by atoms with E-state index in [4.69, 9.17) is 23.4 Å². The van der Waals surface area contributed by atoms with Gasteiger partial charge in [0.2, 0.25) is 0 Å². The lowest BCUT2D eigenvalue weighted by atomic mass is 10.0. The van der Waals surface area contributed by atoms with Gasteiger partial charge in [-0.2, -0.15) is 0 Å². The SMILES string of the molecule is COc1ccc(CO[C@@H](C)C/C=C\C(O)C2OC(C)(C)O[C@H]2CCO[Si](c2ccccc2)(c2ccccc2)C(C)(C)C)cc1. The standard InChI is InChI=1S/C37H50O6Si/c1-28(40-27-29-21-23-30(39-7)24-22-29)15-14-20-33(38)35-34(42-37(5,6)43-35)25-26-41-44(36(2,3)4,31-16-10-8-11-17-31)32-18-12-9-13-19-32/h8-14,16-24,28,33-35,38H,15,25-27H2,1-7H3/b20-14-/t28-,33?,34-,35?/m0/s1. The summed E-state index contributed by atoms with van der Waals surface area (Å²) in [7, 11) is -1.01. The molecule has 0 aromatic heterocycles. The minimum atomic E-state index is -2.67. The van der Waals surface area contributed by atoms with Gasteiger partial charge in [0.15, 0.2) is 5.79 Å². The molecule has 0 amide bonds. The van der Waals surface area contributed by atoms with Crippen molar-refractivity contribution in [2.24, 2.45) is 0 Å². The molecule has 1 aliphatic rings. The molecular formula is C37H50O6Si. The van der Waals surface area contributed by atoms with Crippen LogP contribution in [0.1, 0.15) is 59.9 Å². The number of aliphatic hydroxyl groups is 1. The Kier molecular flexibility index (Phi) is 11.6. The Hall–Kier alpha value is -2.78. The Morgan fingerprint density at radius 1 is 0.909 bits per heavy atom. The number of methoxy groups -OCH3 is 1. The molecule has 1 saturated heterocycles. The lowest BCUT2D eigenvalue weighted by molar-refractivity contribution is -0.153. The molecule has 0 saturated carbocycles. The zero-order valence-corrected chi connectivity index (χ0v) is 28.4. The van der Waals surface area contributed by atoms with E-state index in [0.717, 1.165) is 11.3 Å². The van der Waals surface area contributed by atoms with Crippen LogP contribution in [0.4, 0.5) is 0 Å². The Morgan fingerprint density at radius 3 is 2.05 bits per heavy atom. The van der Waals surface area contributed by atoms with Gasteiger partial charge in [0.25, 0.3) is 8.32 Å². The predicted molar refractivity (Wildman–Crippen MR) is 179 cm³/mol. The molecule has 4 rings (SSSR count). The summed E-state index contributed by atoms with van der Waals surface area (Å²) in [6.07, 6.45) is 3.41. The fraction of sp³-hybridized carbons (Fsp3) is 0.459. The average Bonchev–Trinajstić information content (AvgIpc) is 3.32. The van der Waals surface area contributed by atoms with Crippen molar-refractivity contribution in [1.29, 1.82) is 0 Å². The molecule has 0 aliphatic carbocycles. The van der Waals surface area contributed by atoms with Crippen molar-refractivity contribution in [1.82, 2.24) is 0 Å². The third-order valence-corrected chi connectivity index (χ3v) is 13.2. The third kappa shape index (κ3) is 8.47. The van der Waals surface area contributed by atoms with Gasteiger partial charge in [-0.15, -0.1) is 0 Å². The average molecular weight is 619 g/mol. The molecule has 7 heteroatoms. The monoisotopic (exact) mass is 618 g/mol. The van der Waals surface area contributed by atoms with Gasteiger partial charge in [0, 0.05) is 6.61 Å². The Morgan fingerprint density at radius 2 is 1.50 bits per heavy atom. The van der Waals surface area contributed by atoms with Crippen LogP contribution in [-0.2, 0) is 25.2 Å². The highest BCUT2D eigenvalue weighted by Gasteiger charge is 2.51. The lowest BCUT2D eigenvalue weighted by Crippen LogP contribution is -2.66. The Bertz CT molecular complexity index is 1260. The zero-order valence-electron chi connectivity index (χ0n) is 27.4. The van der Waals surface area contributed by atoms with Crippen molar-refractivity contribution < 1.29 is 28.5 Å². The van der Waals surface area contributed by atoms with E-state index < -0.39 is 26.3 Å². The minimum Gasteiger partial charge on any atom is -0.497 e. The Labute approximate surface area is 265 Å². The van der Waals surface area contributed by atoms with E-state index in [2.05, 4.69) is 81.4 Å². The molecule has 238 valence electrons. The van der Waals surface area contributed by atoms with Gasteiger partial charge in [0.05, 0.1) is 25.9 Å². The molecular weight excluding hydrogens is 568 g/mol. The summed E-state index contributed by atoms with van der Waals surface area (Å²) < 4.78 is 30.8. The number of aliphatic hydroxyl groups excluding tert-OH is 1. The first-order valence-electron chi connectivity index (χ1n) is 15.6. The Balaban J connectivity index is 1.40. The van der Waals surface area contributed by atoms with Crippen LogP contribution in [0.15, 0.2) is 97.1 Å². The normalized spacial score (nSPS) is 20.1. The van der Waals surface area contributed by atoms with Crippen molar-refractivity contribution in [2.75, 3.05) is 13.7 Å². The first-order chi connectivity index (χ1) is 20.9. The summed E-state index contributed by atoms with van der Waals surface area (Å²) in [6.45, 7) is 13.7. The van der Waals surface area contributed by atoms with E-state index in [1.807, 2.05) is 51.1 Å². The van der Waals surface area contributed by atoms with Gasteiger partial charge in [-0.1, -0.05) is 106 Å². The number of rotatable bonds is 14. The molecule has 4 atom stereocenters. The number of hydrogen-bond acceptors (Lipinski definition) is 6. The highest BCUT2D eigenvalue weighted by atomic mass is 28.4. The lowest BCUT2D eigenvalue weighted by Gasteiger charge is -2.43. The largest absolute Gasteiger partial charge is 0.497 e. The topological polar surface area (TPSA) is 66.4 Å². The van der Waals surface area contributed by atoms with Crippen LogP contribution in [0.25, 0.3) is 0 Å². The molecule has 3 aromatic rings. The molecule has 1 fully saturated rings. The van der Waals surface area contributed by atoms with Crippen molar-refractivity contribution in [3.63, 3.8) is 0 Å². The van der Waals surface area contributed by atoms with Crippen molar-refractivity contribution in [3.8, 4) is 5.75 Å². The van der Waals surface area contributed by atoms with E-state index in [9.17, 15) is 5.11 Å². The minimum absolute atomic E-state index is 0.00612. The van der Waals surface area contributed by atoms with E-state index in [-0.39, 0.29) is 17.2 Å². The molecule has 1 heterocycles. The molecule has 0 spiro atoms. The number of ether oxygens (including phenoxy) is 4. The van der Waals surface area contributed by atoms with Crippen LogP contribution in [0.3, 0.4) is 0 Å². The zero-order chi connectivity index (χ0) is 31.8. The highest BCUT2D eigenvalue weighted by molar-refractivity contribution is 6.99. The maximum Gasteiger partial charge on any atom is 0.261 e. The fourth-order valence-electron chi connectivity index (χ4n) is 6.01. The second kappa shape index (κ2) is 15.0. The fourth-order valence-corrected chi connectivity index (χ4v) is 10.6. The molecule has 2 unspecified atom stereocenters. The van der Waals surface area contributed by atoms with Crippen LogP contribution >= 0.6 is 0 Å². The van der Waals surface area contributed by atoms with Crippen molar-refractivity contribution in [3.05, 3.63) is 103 Å². The van der Waals surface area contributed by atoms with E-state index >= 15 is 0 Å². The molecule has 3 aromatic carbocycles. The maximum absolute atomic E-state index is 11.2. The summed E-state index contributed by atoms with van der Waals surface area (Å²) in [5.74, 6) is 0.0314. The number of hydrogen-bond donors (Lipinski definition) is 1. The smallest absolute Gasteiger partial charge is 0.261 e. The quantitative estimate of drug-likeness (QED) is 0.167. The van der Waals surface area contributed by atoms with Crippen LogP contribution in [0, 0.1) is 0 Å². The summed E-state index contributed by atoms with van der Waals surface area (Å²) >= 11 is 0. The molecule has 1 N–H and O–H groups in total. The third-order valence-electron chi connectivity index (χ3n) is 8.19. The van der Waals surface area contributed by atoms with E-state index in [0.29, 0.717) is 26.1 Å². The van der Waals surface area contributed by atoms with Gasteiger partial charge in [0.1, 0.15) is 18.0 Å². The molecule has 44 heavy (non-hydrogen) atoms. The summed E-state index contributed by atoms with van der Waals surface area (Å²) in [5, 5.41) is 13.6. The van der Waals surface area contributed by atoms with Crippen molar-refractivity contribution >= 4 is 18.7 Å². The first kappa shape index (κ1) is 34.1. The molecule has 0 bridgehead atoms. The van der Waals surface area contributed by atoms with Crippen LogP contribution in [-0.4, -0.2) is 57.3 Å². The van der Waals surface area contributed by atoms with Crippen LogP contribution < -0.4 is 15.1 Å². The van der Waals surface area contributed by atoms with E-state index in [1.54, 1.807) is 13.2 Å². The van der Waals surface area contributed by atoms with Gasteiger partial charge in [-0.3, -0.25) is 0 Å². The van der Waals surface area contributed by atoms with Gasteiger partial charge >= 0.3 is 0 Å². The van der Waals surface area contributed by atoms with Gasteiger partial charge in [-0.25, -0.2) is 0 Å². The second-order valence-electron chi connectivity index (χ2n) is 13.1. The van der Waals surface area contributed by atoms with Crippen LogP contribution in [0.2, 0.25) is 5.04 Å². The second-order valence-corrected chi connectivity index (χ2v) is 17.4. The van der Waals surface area contributed by atoms with E-state index in [1.165, 1.54) is 10.4 Å². The first-order valence-corrected chi connectivity index (χ1v) is 17.6. The summed E-state index contributed by atoms with van der Waals surface area (Å²) in [4.78, 5) is 0. The molecule has 6 nitrogen and oxygen atoms in total. The maximum atomic E-state index is 11.2.